The number of amides is 1. The van der Waals surface area contributed by atoms with Gasteiger partial charge in [0.05, 0.1) is 5.56 Å². The Hall–Kier alpha value is -1.62. The minimum absolute atomic E-state index is 0.0822. The van der Waals surface area contributed by atoms with E-state index in [1.165, 1.54) is 22.3 Å². The summed E-state index contributed by atoms with van der Waals surface area (Å²) in [5.74, 6) is -1.08. The number of aliphatic carboxylic acids is 1. The zero-order valence-corrected chi connectivity index (χ0v) is 9.25. The van der Waals surface area contributed by atoms with E-state index in [0.29, 0.717) is 5.56 Å². The Labute approximate surface area is 91.4 Å². The number of hydrogen-bond donors (Lipinski definition) is 1. The van der Waals surface area contributed by atoms with Gasteiger partial charge in [-0.1, -0.05) is 0 Å². The van der Waals surface area contributed by atoms with Gasteiger partial charge in [-0.2, -0.15) is 0 Å². The molecule has 80 valence electrons. The van der Waals surface area contributed by atoms with Crippen LogP contribution < -0.4 is 0 Å². The third kappa shape index (κ3) is 3.21. The van der Waals surface area contributed by atoms with Gasteiger partial charge < -0.3 is 10.0 Å². The first-order chi connectivity index (χ1) is 7.00. The Bertz CT molecular complexity index is 407. The molecule has 0 saturated heterocycles. The molecule has 0 aliphatic rings. The molecule has 0 aliphatic heterocycles. The van der Waals surface area contributed by atoms with Crippen LogP contribution in [0.4, 0.5) is 0 Å². The van der Waals surface area contributed by atoms with Gasteiger partial charge >= 0.3 is 5.97 Å². The zero-order valence-electron chi connectivity index (χ0n) is 8.43. The van der Waals surface area contributed by atoms with E-state index in [0.717, 1.165) is 11.0 Å². The summed E-state index contributed by atoms with van der Waals surface area (Å²) in [5, 5.41) is 10.1. The van der Waals surface area contributed by atoms with E-state index in [2.05, 4.69) is 0 Å². The van der Waals surface area contributed by atoms with Crippen LogP contribution in [0.3, 0.4) is 0 Å². The Balaban J connectivity index is 2.81. The third-order valence-electron chi connectivity index (χ3n) is 1.66. The smallest absolute Gasteiger partial charge is 0.328 e. The number of carboxylic acid groups (broad SMARTS) is 1. The van der Waals surface area contributed by atoms with E-state index < -0.39 is 5.97 Å². The molecule has 0 spiro atoms. The number of hydrogen-bond acceptors (Lipinski definition) is 3. The molecule has 4 nitrogen and oxygen atoms in total. The summed E-state index contributed by atoms with van der Waals surface area (Å²) in [4.78, 5) is 24.0. The summed E-state index contributed by atoms with van der Waals surface area (Å²) < 4.78 is 0. The van der Waals surface area contributed by atoms with E-state index in [4.69, 9.17) is 5.11 Å². The fourth-order valence-electron chi connectivity index (χ4n) is 0.964. The van der Waals surface area contributed by atoms with Crippen molar-refractivity contribution in [3.8, 4) is 0 Å². The Morgan fingerprint density at radius 1 is 1.47 bits per heavy atom. The molecule has 0 aliphatic carbocycles. The topological polar surface area (TPSA) is 57.6 Å². The lowest BCUT2D eigenvalue weighted by molar-refractivity contribution is -0.131. The van der Waals surface area contributed by atoms with Gasteiger partial charge in [-0.05, 0) is 12.1 Å². The predicted molar refractivity (Wildman–Crippen MR) is 59.0 cm³/mol. The molecule has 0 saturated carbocycles. The van der Waals surface area contributed by atoms with E-state index in [1.54, 1.807) is 25.5 Å². The quantitative estimate of drug-likeness (QED) is 0.794. The molecule has 1 N–H and O–H groups in total. The number of thiophene rings is 1. The molecule has 1 aromatic rings. The first kappa shape index (κ1) is 11.5. The lowest BCUT2D eigenvalue weighted by Gasteiger charge is -2.07. The van der Waals surface area contributed by atoms with Crippen molar-refractivity contribution >= 4 is 29.3 Å². The molecule has 0 aromatic carbocycles. The second-order valence-corrected chi connectivity index (χ2v) is 4.05. The molecule has 0 bridgehead atoms. The SMILES string of the molecule is CN(C)C(=O)c1csc(C=CC(=O)O)c1. The zero-order chi connectivity index (χ0) is 11.4. The maximum Gasteiger partial charge on any atom is 0.328 e. The molecule has 1 heterocycles. The summed E-state index contributed by atoms with van der Waals surface area (Å²) in [6.07, 6.45) is 2.52. The Kier molecular flexibility index (Phi) is 3.62. The van der Waals surface area contributed by atoms with Crippen LogP contribution in [0.25, 0.3) is 6.08 Å². The number of carbonyl (C=O) groups excluding carboxylic acids is 1. The summed E-state index contributed by atoms with van der Waals surface area (Å²) in [6.45, 7) is 0. The van der Waals surface area contributed by atoms with Crippen molar-refractivity contribution < 1.29 is 14.7 Å². The number of carbonyl (C=O) groups is 2. The van der Waals surface area contributed by atoms with Gasteiger partial charge in [-0.15, -0.1) is 11.3 Å². The normalized spacial score (nSPS) is 10.5. The van der Waals surface area contributed by atoms with Gasteiger partial charge in [0, 0.05) is 30.4 Å². The number of nitrogens with zero attached hydrogens (tertiary/aromatic N) is 1. The molecule has 5 heteroatoms. The third-order valence-corrected chi connectivity index (χ3v) is 2.56. The molecular formula is C10H11NO3S. The largest absolute Gasteiger partial charge is 0.478 e. The second kappa shape index (κ2) is 4.75. The molecule has 0 unspecified atom stereocenters. The van der Waals surface area contributed by atoms with Crippen LogP contribution in [0.5, 0.6) is 0 Å². The van der Waals surface area contributed by atoms with Crippen LogP contribution in [0.15, 0.2) is 17.5 Å². The van der Waals surface area contributed by atoms with Crippen LogP contribution in [0.2, 0.25) is 0 Å². The van der Waals surface area contributed by atoms with Crippen LogP contribution in [0, 0.1) is 0 Å². The summed E-state index contributed by atoms with van der Waals surface area (Å²) in [5.41, 5.74) is 0.579. The first-order valence-corrected chi connectivity index (χ1v) is 5.10. The molecule has 1 rings (SSSR count). The number of rotatable bonds is 3. The van der Waals surface area contributed by atoms with Crippen LogP contribution in [0.1, 0.15) is 15.2 Å². The van der Waals surface area contributed by atoms with E-state index in [9.17, 15) is 9.59 Å². The second-order valence-electron chi connectivity index (χ2n) is 3.11. The van der Waals surface area contributed by atoms with Gasteiger partial charge in [0.2, 0.25) is 0 Å². The van der Waals surface area contributed by atoms with Gasteiger partial charge in [-0.25, -0.2) is 4.79 Å². The molecule has 0 fully saturated rings. The van der Waals surface area contributed by atoms with Gasteiger partial charge in [0.15, 0.2) is 0 Å². The maximum atomic E-state index is 11.5. The highest BCUT2D eigenvalue weighted by molar-refractivity contribution is 7.11. The van der Waals surface area contributed by atoms with Crippen molar-refractivity contribution in [3.63, 3.8) is 0 Å². The maximum absolute atomic E-state index is 11.5. The van der Waals surface area contributed by atoms with E-state index in [-0.39, 0.29) is 5.91 Å². The molecule has 0 atom stereocenters. The first-order valence-electron chi connectivity index (χ1n) is 4.22. The molecular weight excluding hydrogens is 214 g/mol. The average molecular weight is 225 g/mol. The highest BCUT2D eigenvalue weighted by Gasteiger charge is 2.09. The standard InChI is InChI=1S/C10H11NO3S/c1-11(2)10(14)7-5-8(15-6-7)3-4-9(12)13/h3-6H,1-2H3,(H,12,13). The molecule has 1 aromatic heterocycles. The summed E-state index contributed by atoms with van der Waals surface area (Å²) in [6, 6.07) is 1.67. The van der Waals surface area contributed by atoms with Gasteiger partial charge in [-0.3, -0.25) is 4.79 Å². The van der Waals surface area contributed by atoms with Crippen molar-refractivity contribution in [2.75, 3.05) is 14.1 Å². The van der Waals surface area contributed by atoms with Gasteiger partial charge in [0.1, 0.15) is 0 Å². The Morgan fingerprint density at radius 3 is 2.67 bits per heavy atom. The van der Waals surface area contributed by atoms with Crippen molar-refractivity contribution in [3.05, 3.63) is 28.0 Å². The van der Waals surface area contributed by atoms with Crippen molar-refractivity contribution in [2.45, 2.75) is 0 Å². The fourth-order valence-corrected chi connectivity index (χ4v) is 1.74. The minimum Gasteiger partial charge on any atom is -0.478 e. The molecule has 0 radical (unpaired) electrons. The fraction of sp³-hybridized carbons (Fsp3) is 0.200. The number of carboxylic acids is 1. The summed E-state index contributed by atoms with van der Waals surface area (Å²) in [7, 11) is 3.35. The lowest BCUT2D eigenvalue weighted by atomic mass is 10.3. The van der Waals surface area contributed by atoms with Gasteiger partial charge in [0.25, 0.3) is 5.91 Å². The highest BCUT2D eigenvalue weighted by atomic mass is 32.1. The Morgan fingerprint density at radius 2 is 2.13 bits per heavy atom. The van der Waals surface area contributed by atoms with Crippen molar-refractivity contribution in [1.29, 1.82) is 0 Å². The molecule has 1 amide bonds. The average Bonchev–Trinajstić information content (AvgIpc) is 2.61. The van der Waals surface area contributed by atoms with E-state index in [1.807, 2.05) is 0 Å². The van der Waals surface area contributed by atoms with Crippen LogP contribution >= 0.6 is 11.3 Å². The van der Waals surface area contributed by atoms with Crippen LogP contribution in [-0.2, 0) is 4.79 Å². The summed E-state index contributed by atoms with van der Waals surface area (Å²) >= 11 is 1.34. The van der Waals surface area contributed by atoms with E-state index >= 15 is 0 Å². The molecule has 15 heavy (non-hydrogen) atoms. The van der Waals surface area contributed by atoms with Crippen molar-refractivity contribution in [1.82, 2.24) is 4.90 Å². The lowest BCUT2D eigenvalue weighted by Crippen LogP contribution is -2.20. The predicted octanol–water partition coefficient (Wildman–Crippen LogP) is 1.55. The van der Waals surface area contributed by atoms with Crippen LogP contribution in [-0.4, -0.2) is 36.0 Å². The minimum atomic E-state index is -0.996. The monoisotopic (exact) mass is 225 g/mol. The van der Waals surface area contributed by atoms with Crippen molar-refractivity contribution in [2.24, 2.45) is 0 Å². The highest BCUT2D eigenvalue weighted by Crippen LogP contribution is 2.17.